The normalized spacial score (nSPS) is 13.0. The highest BCUT2D eigenvalue weighted by molar-refractivity contribution is 5.95. The maximum absolute atomic E-state index is 12.5. The first-order valence-electron chi connectivity index (χ1n) is 7.96. The predicted molar refractivity (Wildman–Crippen MR) is 90.1 cm³/mol. The summed E-state index contributed by atoms with van der Waals surface area (Å²) in [5, 5.41) is 9.09. The average molecular weight is 311 g/mol. The van der Waals surface area contributed by atoms with Crippen LogP contribution in [0.2, 0.25) is 0 Å². The fourth-order valence-electron chi connectivity index (χ4n) is 2.98. The Kier molecular flexibility index (Phi) is 4.57. The first kappa shape index (κ1) is 15.5. The molecule has 120 valence electrons. The molecule has 0 radical (unpaired) electrons. The Morgan fingerprint density at radius 2 is 2.17 bits per heavy atom. The smallest absolute Gasteiger partial charge is 0.254 e. The maximum atomic E-state index is 12.5. The molecule has 1 aliphatic rings. The zero-order valence-electron chi connectivity index (χ0n) is 13.3. The van der Waals surface area contributed by atoms with Crippen molar-refractivity contribution in [2.24, 2.45) is 0 Å². The third-order valence-electron chi connectivity index (χ3n) is 4.20. The van der Waals surface area contributed by atoms with E-state index in [-0.39, 0.29) is 12.5 Å². The lowest BCUT2D eigenvalue weighted by molar-refractivity contribution is 0.0732. The minimum Gasteiger partial charge on any atom is -0.395 e. The molecule has 1 amide bonds. The molecule has 23 heavy (non-hydrogen) atoms. The molecule has 0 fully saturated rings. The largest absolute Gasteiger partial charge is 0.395 e. The van der Waals surface area contributed by atoms with Gasteiger partial charge in [0.1, 0.15) is 5.82 Å². The number of likely N-dealkylation sites (N-methyl/N-ethyl adjacent to an activating group) is 1. The lowest BCUT2D eigenvalue weighted by atomic mass is 10.2. The van der Waals surface area contributed by atoms with Crippen LogP contribution >= 0.6 is 0 Å². The van der Waals surface area contributed by atoms with Gasteiger partial charge in [-0.3, -0.25) is 4.79 Å². The van der Waals surface area contributed by atoms with Gasteiger partial charge in [-0.15, -0.1) is 0 Å². The van der Waals surface area contributed by atoms with Gasteiger partial charge >= 0.3 is 0 Å². The summed E-state index contributed by atoms with van der Waals surface area (Å²) >= 11 is 0. The van der Waals surface area contributed by atoms with Crippen molar-refractivity contribution >= 4 is 17.4 Å². The van der Waals surface area contributed by atoms with Gasteiger partial charge in [-0.2, -0.15) is 0 Å². The van der Waals surface area contributed by atoms with Crippen LogP contribution in [-0.4, -0.2) is 47.1 Å². The van der Waals surface area contributed by atoms with Gasteiger partial charge in [0.05, 0.1) is 6.61 Å². The summed E-state index contributed by atoms with van der Waals surface area (Å²) in [6, 6.07) is 11.8. The number of carbonyl (C=O) groups excluding carboxylic acids is 1. The highest BCUT2D eigenvalue weighted by atomic mass is 16.3. The Labute approximate surface area is 136 Å². The van der Waals surface area contributed by atoms with E-state index >= 15 is 0 Å². The molecule has 0 saturated carbocycles. The molecule has 5 heteroatoms. The molecule has 0 saturated heterocycles. The summed E-state index contributed by atoms with van der Waals surface area (Å²) in [5.74, 6) is 0.721. The number of benzene rings is 1. The summed E-state index contributed by atoms with van der Waals surface area (Å²) in [6.45, 7) is 3.67. The van der Waals surface area contributed by atoms with Gasteiger partial charge in [-0.25, -0.2) is 4.98 Å². The van der Waals surface area contributed by atoms with Gasteiger partial charge in [0, 0.05) is 37.1 Å². The molecule has 1 aliphatic heterocycles. The van der Waals surface area contributed by atoms with Gasteiger partial charge in [0.15, 0.2) is 0 Å². The monoisotopic (exact) mass is 311 g/mol. The molecule has 2 aromatic rings. The Morgan fingerprint density at radius 1 is 1.35 bits per heavy atom. The predicted octanol–water partition coefficient (Wildman–Crippen LogP) is 2.23. The van der Waals surface area contributed by atoms with Crippen molar-refractivity contribution in [1.82, 2.24) is 9.88 Å². The second-order valence-electron chi connectivity index (χ2n) is 5.54. The van der Waals surface area contributed by atoms with E-state index in [0.29, 0.717) is 18.7 Å². The number of aliphatic hydroxyl groups is 1. The molecule has 5 nitrogen and oxygen atoms in total. The van der Waals surface area contributed by atoms with E-state index < -0.39 is 0 Å². The highest BCUT2D eigenvalue weighted by Crippen LogP contribution is 2.33. The quantitative estimate of drug-likeness (QED) is 0.920. The van der Waals surface area contributed by atoms with Crippen molar-refractivity contribution in [3.63, 3.8) is 0 Å². The number of hydrogen-bond donors (Lipinski definition) is 1. The minimum absolute atomic E-state index is 0.0307. The number of nitrogens with zero attached hydrogens (tertiary/aromatic N) is 3. The van der Waals surface area contributed by atoms with Gasteiger partial charge in [0.2, 0.25) is 0 Å². The van der Waals surface area contributed by atoms with Crippen molar-refractivity contribution in [2.45, 2.75) is 13.3 Å². The van der Waals surface area contributed by atoms with E-state index in [1.165, 1.54) is 5.56 Å². The van der Waals surface area contributed by atoms with Crippen molar-refractivity contribution < 1.29 is 9.90 Å². The second kappa shape index (κ2) is 6.79. The number of pyridine rings is 1. The van der Waals surface area contributed by atoms with E-state index in [9.17, 15) is 4.79 Å². The molecule has 2 heterocycles. The maximum Gasteiger partial charge on any atom is 0.254 e. The van der Waals surface area contributed by atoms with Crippen molar-refractivity contribution in [1.29, 1.82) is 0 Å². The molecule has 0 aliphatic carbocycles. The molecule has 0 unspecified atom stereocenters. The number of hydrogen-bond acceptors (Lipinski definition) is 4. The zero-order valence-corrected chi connectivity index (χ0v) is 13.3. The fourth-order valence-corrected chi connectivity index (χ4v) is 2.98. The average Bonchev–Trinajstić information content (AvgIpc) is 3.03. The number of rotatable bonds is 5. The molecular weight excluding hydrogens is 290 g/mol. The summed E-state index contributed by atoms with van der Waals surface area (Å²) in [4.78, 5) is 20.8. The van der Waals surface area contributed by atoms with E-state index in [2.05, 4.69) is 22.0 Å². The second-order valence-corrected chi connectivity index (χ2v) is 5.54. The summed E-state index contributed by atoms with van der Waals surface area (Å²) in [7, 11) is 0. The number of fused-ring (bicyclic) bond motifs is 1. The third-order valence-corrected chi connectivity index (χ3v) is 4.20. The fraction of sp³-hybridized carbons (Fsp3) is 0.333. The molecule has 0 atom stereocenters. The first-order chi connectivity index (χ1) is 11.2. The van der Waals surface area contributed by atoms with Crippen LogP contribution in [-0.2, 0) is 6.42 Å². The molecule has 3 rings (SSSR count). The summed E-state index contributed by atoms with van der Waals surface area (Å²) in [6.07, 6.45) is 2.66. The molecule has 1 aromatic carbocycles. The van der Waals surface area contributed by atoms with Gasteiger partial charge in [-0.1, -0.05) is 18.2 Å². The van der Waals surface area contributed by atoms with Crippen molar-refractivity contribution in [3.8, 4) is 0 Å². The Morgan fingerprint density at radius 3 is 2.96 bits per heavy atom. The van der Waals surface area contributed by atoms with Crippen LogP contribution in [0.25, 0.3) is 0 Å². The summed E-state index contributed by atoms with van der Waals surface area (Å²) < 4.78 is 0. The number of anilines is 2. The molecule has 1 N–H and O–H groups in total. The van der Waals surface area contributed by atoms with E-state index in [1.54, 1.807) is 17.2 Å². The molecular formula is C18H21N3O2. The van der Waals surface area contributed by atoms with Gasteiger partial charge in [0.25, 0.3) is 5.91 Å². The molecule has 1 aromatic heterocycles. The van der Waals surface area contributed by atoms with Crippen LogP contribution in [0.3, 0.4) is 0 Å². The Balaban J connectivity index is 1.88. The lowest BCUT2D eigenvalue weighted by Crippen LogP contribution is -2.33. The number of aliphatic hydroxyl groups excluding tert-OH is 1. The van der Waals surface area contributed by atoms with Crippen molar-refractivity contribution in [2.75, 3.05) is 31.1 Å². The Bertz CT molecular complexity index is 702. The van der Waals surface area contributed by atoms with Crippen LogP contribution in [0.1, 0.15) is 22.8 Å². The van der Waals surface area contributed by atoms with E-state index in [1.807, 2.05) is 25.1 Å². The van der Waals surface area contributed by atoms with E-state index in [4.69, 9.17) is 5.11 Å². The third kappa shape index (κ3) is 3.05. The lowest BCUT2D eigenvalue weighted by Gasteiger charge is -2.22. The van der Waals surface area contributed by atoms with Crippen LogP contribution < -0.4 is 4.90 Å². The molecule has 0 spiro atoms. The molecule has 0 bridgehead atoms. The van der Waals surface area contributed by atoms with Gasteiger partial charge < -0.3 is 14.9 Å². The number of carbonyl (C=O) groups is 1. The van der Waals surface area contributed by atoms with Crippen LogP contribution in [0.5, 0.6) is 0 Å². The number of para-hydroxylation sites is 1. The van der Waals surface area contributed by atoms with Crippen molar-refractivity contribution in [3.05, 3.63) is 53.7 Å². The highest BCUT2D eigenvalue weighted by Gasteiger charge is 2.22. The standard InChI is InChI=1S/C18H21N3O2/c1-2-20(11-12-22)18(23)15-7-9-19-17(13-15)21-10-8-14-5-3-4-6-16(14)21/h3-7,9,13,22H,2,8,10-12H2,1H3. The SMILES string of the molecule is CCN(CCO)C(=O)c1ccnc(N2CCc3ccccc32)c1. The van der Waals surface area contributed by atoms with Gasteiger partial charge in [-0.05, 0) is 37.1 Å². The number of amides is 1. The van der Waals surface area contributed by atoms with Crippen LogP contribution in [0.4, 0.5) is 11.5 Å². The number of aromatic nitrogens is 1. The summed E-state index contributed by atoms with van der Waals surface area (Å²) in [5.41, 5.74) is 3.07. The van der Waals surface area contributed by atoms with Crippen LogP contribution in [0.15, 0.2) is 42.6 Å². The zero-order chi connectivity index (χ0) is 16.2. The minimum atomic E-state index is -0.0716. The van der Waals surface area contributed by atoms with Crippen LogP contribution in [0, 0.1) is 0 Å². The topological polar surface area (TPSA) is 56.7 Å². The van der Waals surface area contributed by atoms with E-state index in [0.717, 1.165) is 24.5 Å². The Hall–Kier alpha value is -2.40. The first-order valence-corrected chi connectivity index (χ1v) is 7.96.